The Morgan fingerprint density at radius 1 is 1.33 bits per heavy atom. The summed E-state index contributed by atoms with van der Waals surface area (Å²) in [4.78, 5) is 0. The molecular formula is C7H11OW-. The fraction of sp³-hybridized carbons (Fsp3) is 0.857. The van der Waals surface area contributed by atoms with Crippen molar-refractivity contribution in [2.24, 2.45) is 11.8 Å². The average Bonchev–Trinajstić information content (AvgIpc) is 2.23. The van der Waals surface area contributed by atoms with Gasteiger partial charge in [-0.1, -0.05) is 12.8 Å². The van der Waals surface area contributed by atoms with E-state index in [-0.39, 0.29) is 27.2 Å². The van der Waals surface area contributed by atoms with Gasteiger partial charge in [0.05, 0.1) is 6.10 Å². The van der Waals surface area contributed by atoms with E-state index in [1.54, 1.807) is 0 Å². The van der Waals surface area contributed by atoms with Crippen LogP contribution in [-0.4, -0.2) is 11.2 Å². The van der Waals surface area contributed by atoms with Crippen LogP contribution in [-0.2, 0) is 21.1 Å². The molecule has 1 nitrogen and oxygen atoms in total. The van der Waals surface area contributed by atoms with Crippen molar-refractivity contribution < 1.29 is 26.2 Å². The fourth-order valence-corrected chi connectivity index (χ4v) is 1.96. The van der Waals surface area contributed by atoms with Crippen molar-refractivity contribution in [3.05, 3.63) is 6.42 Å². The first-order chi connectivity index (χ1) is 3.86. The van der Waals surface area contributed by atoms with Crippen molar-refractivity contribution >= 4 is 0 Å². The third kappa shape index (κ3) is 1.23. The smallest absolute Gasteiger partial charge is 0.0521 e. The normalized spacial score (nSPS) is 47.0. The third-order valence-corrected chi connectivity index (χ3v) is 2.47. The molecule has 0 saturated heterocycles. The first-order valence-electron chi connectivity index (χ1n) is 3.37. The van der Waals surface area contributed by atoms with Gasteiger partial charge < -0.3 is 11.5 Å². The Bertz CT molecular complexity index is 103. The largest absolute Gasteiger partial charge is 0.393 e. The van der Waals surface area contributed by atoms with E-state index >= 15 is 0 Å². The van der Waals surface area contributed by atoms with E-state index in [1.165, 1.54) is 12.8 Å². The first kappa shape index (κ1) is 7.75. The predicted octanol–water partition coefficient (Wildman–Crippen LogP) is 0.979. The Labute approximate surface area is 70.1 Å². The molecule has 0 heterocycles. The molecule has 3 atom stereocenters. The molecule has 9 heavy (non-hydrogen) atoms. The minimum atomic E-state index is 0. The average molecular weight is 295 g/mol. The van der Waals surface area contributed by atoms with E-state index in [9.17, 15) is 5.11 Å². The third-order valence-electron chi connectivity index (χ3n) is 2.47. The predicted molar refractivity (Wildman–Crippen MR) is 31.1 cm³/mol. The molecule has 0 aromatic rings. The van der Waals surface area contributed by atoms with Crippen molar-refractivity contribution in [3.8, 4) is 0 Å². The van der Waals surface area contributed by atoms with Crippen LogP contribution in [0.2, 0.25) is 0 Å². The molecule has 2 rings (SSSR count). The molecule has 2 saturated carbocycles. The van der Waals surface area contributed by atoms with E-state index in [0.29, 0.717) is 5.92 Å². The first-order valence-corrected chi connectivity index (χ1v) is 3.37. The van der Waals surface area contributed by atoms with Crippen LogP contribution in [0.25, 0.3) is 0 Å². The molecule has 0 aromatic heterocycles. The SMILES string of the molecule is OC1CC2[CH-]CC1C2.[W]. The Kier molecular flexibility index (Phi) is 2.34. The summed E-state index contributed by atoms with van der Waals surface area (Å²) in [5.74, 6) is 1.41. The summed E-state index contributed by atoms with van der Waals surface area (Å²) in [5, 5.41) is 9.20. The molecule has 0 aliphatic heterocycles. The Morgan fingerprint density at radius 2 is 2.11 bits per heavy atom. The number of aliphatic hydroxyl groups excluding tert-OH is 1. The topological polar surface area (TPSA) is 20.2 Å². The number of fused-ring (bicyclic) bond motifs is 2. The van der Waals surface area contributed by atoms with Gasteiger partial charge in [0.2, 0.25) is 0 Å². The fourth-order valence-electron chi connectivity index (χ4n) is 1.96. The maximum atomic E-state index is 9.20. The van der Waals surface area contributed by atoms with E-state index in [2.05, 4.69) is 6.42 Å². The molecule has 2 heteroatoms. The van der Waals surface area contributed by atoms with E-state index in [0.717, 1.165) is 12.3 Å². The minimum absolute atomic E-state index is 0. The van der Waals surface area contributed by atoms with Crippen molar-refractivity contribution in [1.29, 1.82) is 0 Å². The van der Waals surface area contributed by atoms with Crippen LogP contribution in [0, 0.1) is 18.3 Å². The van der Waals surface area contributed by atoms with Crippen molar-refractivity contribution in [1.82, 2.24) is 0 Å². The summed E-state index contributed by atoms with van der Waals surface area (Å²) < 4.78 is 0. The summed E-state index contributed by atoms with van der Waals surface area (Å²) in [6.07, 6.45) is 5.89. The molecule has 0 amide bonds. The van der Waals surface area contributed by atoms with Crippen LogP contribution < -0.4 is 0 Å². The summed E-state index contributed by atoms with van der Waals surface area (Å²) in [6.45, 7) is 0. The van der Waals surface area contributed by atoms with E-state index in [4.69, 9.17) is 0 Å². The zero-order valence-corrected chi connectivity index (χ0v) is 8.22. The minimum Gasteiger partial charge on any atom is -0.393 e. The zero-order chi connectivity index (χ0) is 5.56. The van der Waals surface area contributed by atoms with Gasteiger partial charge >= 0.3 is 0 Å². The summed E-state index contributed by atoms with van der Waals surface area (Å²) in [7, 11) is 0. The van der Waals surface area contributed by atoms with Crippen LogP contribution in [0.15, 0.2) is 0 Å². The van der Waals surface area contributed by atoms with Crippen molar-refractivity contribution in [2.75, 3.05) is 0 Å². The van der Waals surface area contributed by atoms with Gasteiger partial charge in [-0.15, -0.1) is 0 Å². The van der Waals surface area contributed by atoms with Gasteiger partial charge in [0.25, 0.3) is 0 Å². The summed E-state index contributed by atoms with van der Waals surface area (Å²) in [5.41, 5.74) is 0. The van der Waals surface area contributed by atoms with Crippen LogP contribution in [0.5, 0.6) is 0 Å². The van der Waals surface area contributed by atoms with Gasteiger partial charge in [-0.25, -0.2) is 0 Å². The molecule has 0 spiro atoms. The maximum Gasteiger partial charge on any atom is 0.0521 e. The van der Waals surface area contributed by atoms with Crippen molar-refractivity contribution in [2.45, 2.75) is 25.4 Å². The van der Waals surface area contributed by atoms with E-state index in [1.807, 2.05) is 0 Å². The molecule has 3 unspecified atom stereocenters. The quantitative estimate of drug-likeness (QED) is 0.661. The zero-order valence-electron chi connectivity index (χ0n) is 5.29. The Hall–Kier alpha value is 0.648. The molecule has 0 radical (unpaired) electrons. The van der Waals surface area contributed by atoms with Crippen LogP contribution in [0.1, 0.15) is 19.3 Å². The summed E-state index contributed by atoms with van der Waals surface area (Å²) >= 11 is 0. The molecule has 2 aliphatic carbocycles. The van der Waals surface area contributed by atoms with Crippen LogP contribution in [0.4, 0.5) is 0 Å². The molecule has 0 aromatic carbocycles. The number of rotatable bonds is 0. The molecule has 2 aliphatic rings. The number of aliphatic hydroxyl groups is 1. The summed E-state index contributed by atoms with van der Waals surface area (Å²) in [6, 6.07) is 0. The number of hydrogen-bond acceptors (Lipinski definition) is 1. The second-order valence-corrected chi connectivity index (χ2v) is 3.03. The Morgan fingerprint density at radius 3 is 2.33 bits per heavy atom. The van der Waals surface area contributed by atoms with Crippen LogP contribution >= 0.6 is 0 Å². The Balaban J connectivity index is 0.000000405. The van der Waals surface area contributed by atoms with Gasteiger partial charge in [0, 0.05) is 21.1 Å². The van der Waals surface area contributed by atoms with Crippen molar-refractivity contribution in [3.63, 3.8) is 0 Å². The van der Waals surface area contributed by atoms with Gasteiger partial charge in [0.15, 0.2) is 0 Å². The molecule has 2 fully saturated rings. The monoisotopic (exact) mass is 295 g/mol. The van der Waals surface area contributed by atoms with Crippen LogP contribution in [0.3, 0.4) is 0 Å². The van der Waals surface area contributed by atoms with E-state index < -0.39 is 0 Å². The molecule has 1 N–H and O–H groups in total. The van der Waals surface area contributed by atoms with Gasteiger partial charge in [-0.2, -0.15) is 12.3 Å². The van der Waals surface area contributed by atoms with Gasteiger partial charge in [-0.05, 0) is 5.92 Å². The van der Waals surface area contributed by atoms with Gasteiger partial charge in [-0.3, -0.25) is 0 Å². The maximum absolute atomic E-state index is 9.20. The van der Waals surface area contributed by atoms with Gasteiger partial charge in [0.1, 0.15) is 0 Å². The molecule has 2 bridgehead atoms. The number of hydrogen-bond donors (Lipinski definition) is 1. The molecule has 52 valence electrons. The standard InChI is InChI=1S/C7H11O.W/c8-7-4-5-1-2-6(7)3-5;/h1,5-8H,2-4H2;/q-1;. The second kappa shape index (κ2) is 2.72. The molecular weight excluding hydrogens is 284 g/mol. The second-order valence-electron chi connectivity index (χ2n) is 3.03.